The van der Waals surface area contributed by atoms with Crippen LogP contribution in [0.4, 0.5) is 0 Å². The predicted octanol–water partition coefficient (Wildman–Crippen LogP) is 3.45. The average Bonchev–Trinajstić information content (AvgIpc) is 2.61. The van der Waals surface area contributed by atoms with Gasteiger partial charge in [0.05, 0.1) is 6.61 Å². The molecule has 112 valence electrons. The monoisotopic (exact) mass is 275 g/mol. The Labute approximate surface area is 123 Å². The van der Waals surface area contributed by atoms with Crippen molar-refractivity contribution in [2.24, 2.45) is 5.41 Å². The van der Waals surface area contributed by atoms with E-state index in [2.05, 4.69) is 49.9 Å². The number of benzene rings is 1. The molecule has 0 saturated carbocycles. The quantitative estimate of drug-likeness (QED) is 0.910. The fourth-order valence-electron chi connectivity index (χ4n) is 3.20. The average molecular weight is 275 g/mol. The number of rotatable bonds is 4. The van der Waals surface area contributed by atoms with Crippen LogP contribution in [0, 0.1) is 5.41 Å². The molecule has 1 aliphatic heterocycles. The van der Waals surface area contributed by atoms with Gasteiger partial charge in [-0.15, -0.1) is 0 Å². The molecule has 2 rings (SSSR count). The van der Waals surface area contributed by atoms with Crippen molar-refractivity contribution in [1.29, 1.82) is 0 Å². The summed E-state index contributed by atoms with van der Waals surface area (Å²) in [6.45, 7) is 10.4. The Hall–Kier alpha value is -0.860. The first kappa shape index (κ1) is 15.5. The maximum Gasteiger partial charge on any atom is 0.0537 e. The highest BCUT2D eigenvalue weighted by Gasteiger charge is 2.30. The van der Waals surface area contributed by atoms with Crippen LogP contribution in [0.2, 0.25) is 0 Å². The molecule has 1 atom stereocenters. The lowest BCUT2D eigenvalue weighted by molar-refractivity contribution is 0.143. The Morgan fingerprint density at radius 3 is 2.50 bits per heavy atom. The zero-order chi connectivity index (χ0) is 14.6. The Balaban J connectivity index is 2.06. The summed E-state index contributed by atoms with van der Waals surface area (Å²) in [5, 5.41) is 9.92. The Bertz CT molecular complexity index is 415. The maximum atomic E-state index is 9.92. The van der Waals surface area contributed by atoms with E-state index >= 15 is 0 Å². The molecule has 1 heterocycles. The van der Waals surface area contributed by atoms with E-state index in [0.29, 0.717) is 5.41 Å². The summed E-state index contributed by atoms with van der Waals surface area (Å²) in [7, 11) is 0. The first-order chi connectivity index (χ1) is 9.45. The zero-order valence-corrected chi connectivity index (χ0v) is 13.2. The molecule has 1 unspecified atom stereocenters. The molecule has 1 saturated heterocycles. The summed E-state index contributed by atoms with van der Waals surface area (Å²) in [5.74, 6) is 0. The molecular weight excluding hydrogens is 246 g/mol. The highest BCUT2D eigenvalue weighted by molar-refractivity contribution is 5.25. The fraction of sp³-hybridized carbons (Fsp3) is 0.667. The second-order valence-electron chi connectivity index (χ2n) is 7.38. The number of hydrogen-bond donors (Lipinski definition) is 1. The number of hydrogen-bond acceptors (Lipinski definition) is 2. The molecule has 2 heteroatoms. The largest absolute Gasteiger partial charge is 0.395 e. The lowest BCUT2D eigenvalue weighted by atomic mass is 9.82. The molecule has 1 aromatic rings. The van der Waals surface area contributed by atoms with Gasteiger partial charge in [0.2, 0.25) is 0 Å². The van der Waals surface area contributed by atoms with Gasteiger partial charge >= 0.3 is 0 Å². The minimum atomic E-state index is -0.157. The van der Waals surface area contributed by atoms with E-state index in [1.54, 1.807) is 0 Å². The van der Waals surface area contributed by atoms with Crippen LogP contribution in [0.15, 0.2) is 30.3 Å². The maximum absolute atomic E-state index is 9.92. The van der Waals surface area contributed by atoms with Gasteiger partial charge < -0.3 is 10.0 Å². The third-order valence-corrected chi connectivity index (χ3v) is 4.82. The van der Waals surface area contributed by atoms with Gasteiger partial charge in [0.25, 0.3) is 0 Å². The highest BCUT2D eigenvalue weighted by atomic mass is 16.3. The third kappa shape index (κ3) is 3.83. The van der Waals surface area contributed by atoms with E-state index in [4.69, 9.17) is 0 Å². The molecule has 2 nitrogen and oxygen atoms in total. The highest BCUT2D eigenvalue weighted by Crippen LogP contribution is 2.32. The molecule has 0 radical (unpaired) electrons. The van der Waals surface area contributed by atoms with E-state index < -0.39 is 0 Å². The first-order valence-corrected chi connectivity index (χ1v) is 7.84. The van der Waals surface area contributed by atoms with Gasteiger partial charge in [-0.1, -0.05) is 51.1 Å². The van der Waals surface area contributed by atoms with Crippen molar-refractivity contribution in [3.63, 3.8) is 0 Å². The van der Waals surface area contributed by atoms with Crippen LogP contribution in [0.3, 0.4) is 0 Å². The topological polar surface area (TPSA) is 23.5 Å². The summed E-state index contributed by atoms with van der Waals surface area (Å²) in [6.07, 6.45) is 3.83. The minimum Gasteiger partial charge on any atom is -0.395 e. The Kier molecular flexibility index (Phi) is 4.87. The third-order valence-electron chi connectivity index (χ3n) is 4.82. The van der Waals surface area contributed by atoms with Gasteiger partial charge in [0.15, 0.2) is 0 Å². The molecule has 1 aliphatic rings. The van der Waals surface area contributed by atoms with Crippen LogP contribution in [-0.4, -0.2) is 36.2 Å². The molecule has 0 aromatic heterocycles. The second kappa shape index (κ2) is 6.28. The molecule has 0 aliphatic carbocycles. The SMILES string of the molecule is CC1(C)CCCN(CC(C)(CO)c2ccccc2)CC1. The van der Waals surface area contributed by atoms with Gasteiger partial charge in [0.1, 0.15) is 0 Å². The van der Waals surface area contributed by atoms with E-state index in [1.807, 2.05) is 6.07 Å². The van der Waals surface area contributed by atoms with Crippen molar-refractivity contribution in [3.8, 4) is 0 Å². The number of likely N-dealkylation sites (tertiary alicyclic amines) is 1. The van der Waals surface area contributed by atoms with Gasteiger partial charge in [-0.3, -0.25) is 0 Å². The van der Waals surface area contributed by atoms with Crippen molar-refractivity contribution >= 4 is 0 Å². The molecule has 0 spiro atoms. The van der Waals surface area contributed by atoms with E-state index in [0.717, 1.165) is 19.6 Å². The zero-order valence-electron chi connectivity index (χ0n) is 13.2. The normalized spacial score (nSPS) is 23.0. The van der Waals surface area contributed by atoms with Gasteiger partial charge in [0, 0.05) is 12.0 Å². The van der Waals surface area contributed by atoms with Crippen molar-refractivity contribution in [3.05, 3.63) is 35.9 Å². The van der Waals surface area contributed by atoms with Crippen molar-refractivity contribution in [1.82, 2.24) is 4.90 Å². The number of aliphatic hydroxyl groups is 1. The standard InChI is InChI=1S/C18H29NO/c1-17(2)10-7-12-19(13-11-17)14-18(3,15-20)16-8-5-4-6-9-16/h4-6,8-9,20H,7,10-15H2,1-3H3. The first-order valence-electron chi connectivity index (χ1n) is 7.84. The lowest BCUT2D eigenvalue weighted by Crippen LogP contribution is -2.42. The van der Waals surface area contributed by atoms with Crippen LogP contribution in [0.5, 0.6) is 0 Å². The van der Waals surface area contributed by atoms with Gasteiger partial charge in [-0.2, -0.15) is 0 Å². The molecule has 1 N–H and O–H groups in total. The van der Waals surface area contributed by atoms with Gasteiger partial charge in [-0.05, 0) is 43.3 Å². The molecular formula is C18H29NO. The second-order valence-corrected chi connectivity index (χ2v) is 7.38. The summed E-state index contributed by atoms with van der Waals surface area (Å²) < 4.78 is 0. The summed E-state index contributed by atoms with van der Waals surface area (Å²) in [4.78, 5) is 2.54. The van der Waals surface area contributed by atoms with Crippen molar-refractivity contribution in [2.45, 2.75) is 45.4 Å². The van der Waals surface area contributed by atoms with Gasteiger partial charge in [-0.25, -0.2) is 0 Å². The van der Waals surface area contributed by atoms with Crippen LogP contribution < -0.4 is 0 Å². The predicted molar refractivity (Wildman–Crippen MR) is 85.0 cm³/mol. The Morgan fingerprint density at radius 1 is 1.15 bits per heavy atom. The molecule has 20 heavy (non-hydrogen) atoms. The minimum absolute atomic E-state index is 0.157. The smallest absolute Gasteiger partial charge is 0.0537 e. The van der Waals surface area contributed by atoms with E-state index in [1.165, 1.54) is 24.8 Å². The van der Waals surface area contributed by atoms with E-state index in [9.17, 15) is 5.11 Å². The number of nitrogens with zero attached hydrogens (tertiary/aromatic N) is 1. The lowest BCUT2D eigenvalue weighted by Gasteiger charge is -2.34. The van der Waals surface area contributed by atoms with Crippen LogP contribution in [-0.2, 0) is 5.41 Å². The summed E-state index contributed by atoms with van der Waals surface area (Å²) in [6, 6.07) is 10.4. The van der Waals surface area contributed by atoms with Crippen LogP contribution in [0.1, 0.15) is 45.6 Å². The Morgan fingerprint density at radius 2 is 1.85 bits per heavy atom. The molecule has 0 amide bonds. The molecule has 1 fully saturated rings. The fourth-order valence-corrected chi connectivity index (χ4v) is 3.20. The summed E-state index contributed by atoms with van der Waals surface area (Å²) >= 11 is 0. The van der Waals surface area contributed by atoms with Crippen LogP contribution in [0.25, 0.3) is 0 Å². The van der Waals surface area contributed by atoms with Crippen LogP contribution >= 0.6 is 0 Å². The summed E-state index contributed by atoms with van der Waals surface area (Å²) in [5.41, 5.74) is 1.55. The van der Waals surface area contributed by atoms with Crippen molar-refractivity contribution < 1.29 is 5.11 Å². The molecule has 1 aromatic carbocycles. The molecule has 0 bridgehead atoms. The van der Waals surface area contributed by atoms with Crippen molar-refractivity contribution in [2.75, 3.05) is 26.2 Å². The van der Waals surface area contributed by atoms with E-state index in [-0.39, 0.29) is 12.0 Å². The number of aliphatic hydroxyl groups excluding tert-OH is 1.